The van der Waals surface area contributed by atoms with Crippen LogP contribution in [0.3, 0.4) is 0 Å². The average Bonchev–Trinajstić information content (AvgIpc) is 2.92. The SMILES string of the molecule is O=Cc1cc(F)c2nc(C3CCOC3)ccc2c1. The second kappa shape index (κ2) is 4.46. The zero-order chi connectivity index (χ0) is 12.5. The van der Waals surface area contributed by atoms with Gasteiger partial charge in [0, 0.05) is 29.2 Å². The molecule has 1 saturated heterocycles. The minimum absolute atomic E-state index is 0.250. The van der Waals surface area contributed by atoms with Gasteiger partial charge in [0.15, 0.2) is 0 Å². The first kappa shape index (κ1) is 11.3. The third kappa shape index (κ3) is 1.88. The lowest BCUT2D eigenvalue weighted by atomic mass is 10.0. The Morgan fingerprint density at radius 1 is 1.39 bits per heavy atom. The molecule has 1 unspecified atom stereocenters. The smallest absolute Gasteiger partial charge is 0.150 e. The number of rotatable bonds is 2. The van der Waals surface area contributed by atoms with E-state index in [1.54, 1.807) is 6.07 Å². The van der Waals surface area contributed by atoms with Crippen LogP contribution in [-0.4, -0.2) is 24.5 Å². The van der Waals surface area contributed by atoms with Gasteiger partial charge in [-0.05, 0) is 24.6 Å². The standard InChI is InChI=1S/C14H12FNO2/c15-12-6-9(7-17)5-10-1-2-13(16-14(10)12)11-3-4-18-8-11/h1-2,5-7,11H,3-4,8H2. The highest BCUT2D eigenvalue weighted by Crippen LogP contribution is 2.26. The van der Waals surface area contributed by atoms with E-state index in [0.717, 1.165) is 18.7 Å². The molecular weight excluding hydrogens is 233 g/mol. The molecule has 1 fully saturated rings. The van der Waals surface area contributed by atoms with Gasteiger partial charge in [-0.1, -0.05) is 6.07 Å². The molecule has 1 aromatic carbocycles. The molecule has 0 aliphatic carbocycles. The molecule has 1 aliphatic rings. The van der Waals surface area contributed by atoms with E-state index in [4.69, 9.17) is 4.74 Å². The van der Waals surface area contributed by atoms with Crippen LogP contribution in [0.5, 0.6) is 0 Å². The summed E-state index contributed by atoms with van der Waals surface area (Å²) in [7, 11) is 0. The van der Waals surface area contributed by atoms with Gasteiger partial charge < -0.3 is 4.74 Å². The van der Waals surface area contributed by atoms with Gasteiger partial charge in [-0.15, -0.1) is 0 Å². The number of fused-ring (bicyclic) bond motifs is 1. The highest BCUT2D eigenvalue weighted by molar-refractivity contribution is 5.87. The van der Waals surface area contributed by atoms with Crippen LogP contribution in [0.25, 0.3) is 10.9 Å². The average molecular weight is 245 g/mol. The van der Waals surface area contributed by atoms with Gasteiger partial charge in [-0.25, -0.2) is 9.37 Å². The molecule has 0 spiro atoms. The highest BCUT2D eigenvalue weighted by atomic mass is 19.1. The van der Waals surface area contributed by atoms with E-state index in [0.29, 0.717) is 29.4 Å². The van der Waals surface area contributed by atoms with Crippen molar-refractivity contribution in [2.45, 2.75) is 12.3 Å². The molecule has 18 heavy (non-hydrogen) atoms. The summed E-state index contributed by atoms with van der Waals surface area (Å²) in [6.45, 7) is 1.38. The van der Waals surface area contributed by atoms with Crippen molar-refractivity contribution in [3.8, 4) is 0 Å². The lowest BCUT2D eigenvalue weighted by Crippen LogP contribution is -2.01. The highest BCUT2D eigenvalue weighted by Gasteiger charge is 2.19. The summed E-state index contributed by atoms with van der Waals surface area (Å²) < 4.78 is 19.2. The van der Waals surface area contributed by atoms with E-state index >= 15 is 0 Å². The van der Waals surface area contributed by atoms with Gasteiger partial charge >= 0.3 is 0 Å². The molecule has 92 valence electrons. The van der Waals surface area contributed by atoms with E-state index < -0.39 is 5.82 Å². The summed E-state index contributed by atoms with van der Waals surface area (Å²) >= 11 is 0. The van der Waals surface area contributed by atoms with Crippen molar-refractivity contribution < 1.29 is 13.9 Å². The summed E-state index contributed by atoms with van der Waals surface area (Å²) in [5.74, 6) is -0.199. The predicted molar refractivity (Wildman–Crippen MR) is 65.3 cm³/mol. The van der Waals surface area contributed by atoms with Gasteiger partial charge in [-0.3, -0.25) is 4.79 Å². The summed E-state index contributed by atoms with van der Waals surface area (Å²) in [4.78, 5) is 15.0. The monoisotopic (exact) mass is 245 g/mol. The van der Waals surface area contributed by atoms with Gasteiger partial charge in [0.1, 0.15) is 17.6 Å². The van der Waals surface area contributed by atoms with E-state index in [9.17, 15) is 9.18 Å². The number of hydrogen-bond acceptors (Lipinski definition) is 3. The normalized spacial score (nSPS) is 19.3. The first-order chi connectivity index (χ1) is 8.78. The molecular formula is C14H12FNO2. The Balaban J connectivity index is 2.11. The number of aldehydes is 1. The van der Waals surface area contributed by atoms with Gasteiger partial charge in [0.25, 0.3) is 0 Å². The predicted octanol–water partition coefficient (Wildman–Crippen LogP) is 2.69. The van der Waals surface area contributed by atoms with Crippen LogP contribution in [-0.2, 0) is 4.74 Å². The fourth-order valence-corrected chi connectivity index (χ4v) is 2.29. The van der Waals surface area contributed by atoms with Crippen molar-refractivity contribution in [2.24, 2.45) is 0 Å². The Bertz CT molecular complexity index is 606. The molecule has 0 radical (unpaired) electrons. The summed E-state index contributed by atoms with van der Waals surface area (Å²) in [5, 5.41) is 0.653. The molecule has 3 nitrogen and oxygen atoms in total. The van der Waals surface area contributed by atoms with Crippen LogP contribution in [0.15, 0.2) is 24.3 Å². The molecule has 1 aliphatic heterocycles. The minimum Gasteiger partial charge on any atom is -0.381 e. The van der Waals surface area contributed by atoms with Crippen LogP contribution in [0.1, 0.15) is 28.4 Å². The van der Waals surface area contributed by atoms with Gasteiger partial charge in [-0.2, -0.15) is 0 Å². The zero-order valence-electron chi connectivity index (χ0n) is 9.73. The number of pyridine rings is 1. The van der Waals surface area contributed by atoms with E-state index in [-0.39, 0.29) is 5.92 Å². The van der Waals surface area contributed by atoms with Crippen molar-refractivity contribution >= 4 is 17.2 Å². The molecule has 0 bridgehead atoms. The number of carbonyl (C=O) groups excluding carboxylic acids is 1. The Morgan fingerprint density at radius 3 is 3.00 bits per heavy atom. The molecule has 2 aromatic rings. The molecule has 0 saturated carbocycles. The maximum absolute atomic E-state index is 13.8. The van der Waals surface area contributed by atoms with Crippen molar-refractivity contribution in [3.05, 3.63) is 41.3 Å². The second-order valence-electron chi connectivity index (χ2n) is 4.49. The topological polar surface area (TPSA) is 39.2 Å². The third-order valence-electron chi connectivity index (χ3n) is 3.27. The van der Waals surface area contributed by atoms with Crippen molar-refractivity contribution in [3.63, 3.8) is 0 Å². The lowest BCUT2D eigenvalue weighted by molar-refractivity contribution is 0.112. The molecule has 3 rings (SSSR count). The Morgan fingerprint density at radius 2 is 2.28 bits per heavy atom. The summed E-state index contributed by atoms with van der Waals surface area (Å²) in [6, 6.07) is 6.56. The largest absolute Gasteiger partial charge is 0.381 e. The fraction of sp³-hybridized carbons (Fsp3) is 0.286. The first-order valence-corrected chi connectivity index (χ1v) is 5.91. The van der Waals surface area contributed by atoms with Gasteiger partial charge in [0.2, 0.25) is 0 Å². The molecule has 1 atom stereocenters. The Labute approximate surface area is 104 Å². The number of benzene rings is 1. The molecule has 4 heteroatoms. The summed E-state index contributed by atoms with van der Waals surface area (Å²) in [5.41, 5.74) is 1.52. The maximum atomic E-state index is 13.8. The number of aromatic nitrogens is 1. The number of hydrogen-bond donors (Lipinski definition) is 0. The Kier molecular flexibility index (Phi) is 2.80. The molecule has 2 heterocycles. The molecule has 1 aromatic heterocycles. The van der Waals surface area contributed by atoms with Crippen LogP contribution < -0.4 is 0 Å². The van der Waals surface area contributed by atoms with Crippen LogP contribution in [0, 0.1) is 5.82 Å². The van der Waals surface area contributed by atoms with Crippen molar-refractivity contribution in [1.82, 2.24) is 4.98 Å². The van der Waals surface area contributed by atoms with Crippen LogP contribution in [0.2, 0.25) is 0 Å². The van der Waals surface area contributed by atoms with E-state index in [1.165, 1.54) is 6.07 Å². The molecule has 0 amide bonds. The molecule has 0 N–H and O–H groups in total. The number of nitrogens with zero attached hydrogens (tertiary/aromatic N) is 1. The fourth-order valence-electron chi connectivity index (χ4n) is 2.29. The minimum atomic E-state index is -0.449. The van der Waals surface area contributed by atoms with E-state index in [1.807, 2.05) is 12.1 Å². The number of halogens is 1. The lowest BCUT2D eigenvalue weighted by Gasteiger charge is -2.08. The second-order valence-corrected chi connectivity index (χ2v) is 4.49. The zero-order valence-corrected chi connectivity index (χ0v) is 9.73. The number of carbonyl (C=O) groups is 1. The summed E-state index contributed by atoms with van der Waals surface area (Å²) in [6.07, 6.45) is 1.56. The van der Waals surface area contributed by atoms with E-state index in [2.05, 4.69) is 4.98 Å². The number of ether oxygens (including phenoxy) is 1. The maximum Gasteiger partial charge on any atom is 0.150 e. The van der Waals surface area contributed by atoms with Crippen LogP contribution >= 0.6 is 0 Å². The van der Waals surface area contributed by atoms with Crippen molar-refractivity contribution in [1.29, 1.82) is 0 Å². The van der Waals surface area contributed by atoms with Gasteiger partial charge in [0.05, 0.1) is 6.61 Å². The third-order valence-corrected chi connectivity index (χ3v) is 3.27. The first-order valence-electron chi connectivity index (χ1n) is 5.91. The van der Waals surface area contributed by atoms with Crippen LogP contribution in [0.4, 0.5) is 4.39 Å². The quantitative estimate of drug-likeness (QED) is 0.763. The van der Waals surface area contributed by atoms with Crippen molar-refractivity contribution in [2.75, 3.05) is 13.2 Å². The Hall–Kier alpha value is -1.81.